The van der Waals surface area contributed by atoms with Gasteiger partial charge in [-0.2, -0.15) is 0 Å². The van der Waals surface area contributed by atoms with Gasteiger partial charge >= 0.3 is 0 Å². The Balaban J connectivity index is 2.01. The maximum atomic E-state index is 13.6. The van der Waals surface area contributed by atoms with E-state index in [1.54, 1.807) is 12.1 Å². The van der Waals surface area contributed by atoms with Crippen molar-refractivity contribution in [2.24, 2.45) is 5.92 Å². The number of aliphatic hydroxyl groups excluding tert-OH is 1. The molecule has 2 atom stereocenters. The lowest BCUT2D eigenvalue weighted by Gasteiger charge is -2.34. The summed E-state index contributed by atoms with van der Waals surface area (Å²) in [4.78, 5) is 2.08. The van der Waals surface area contributed by atoms with Gasteiger partial charge in [0.2, 0.25) is 0 Å². The van der Waals surface area contributed by atoms with Crippen molar-refractivity contribution in [3.05, 3.63) is 34.6 Å². The summed E-state index contributed by atoms with van der Waals surface area (Å²) in [5.41, 5.74) is 0.635. The third-order valence-electron chi connectivity index (χ3n) is 3.41. The van der Waals surface area contributed by atoms with Gasteiger partial charge in [-0.1, -0.05) is 24.6 Å². The minimum atomic E-state index is -0.306. The molecule has 0 radical (unpaired) electrons. The standard InChI is InChI=1S/C13H17ClFNO/c1-9-4-5-16(8-13(9)17)7-10-2-3-11(14)6-12(10)15/h2-3,6,9,13,17H,4-5,7-8H2,1H3. The van der Waals surface area contributed by atoms with Gasteiger partial charge in [0.1, 0.15) is 5.82 Å². The zero-order valence-corrected chi connectivity index (χ0v) is 10.6. The van der Waals surface area contributed by atoms with Crippen molar-refractivity contribution in [2.75, 3.05) is 13.1 Å². The second-order valence-electron chi connectivity index (χ2n) is 4.80. The van der Waals surface area contributed by atoms with Crippen LogP contribution in [0.1, 0.15) is 18.9 Å². The minimum Gasteiger partial charge on any atom is -0.392 e. The van der Waals surface area contributed by atoms with E-state index in [0.717, 1.165) is 13.0 Å². The molecule has 0 bridgehead atoms. The topological polar surface area (TPSA) is 23.5 Å². The molecule has 2 unspecified atom stereocenters. The number of hydrogen-bond acceptors (Lipinski definition) is 2. The lowest BCUT2D eigenvalue weighted by Crippen LogP contribution is -2.42. The van der Waals surface area contributed by atoms with Gasteiger partial charge in [0.25, 0.3) is 0 Å². The van der Waals surface area contributed by atoms with Crippen LogP contribution in [0.5, 0.6) is 0 Å². The molecule has 1 fully saturated rings. The van der Waals surface area contributed by atoms with E-state index >= 15 is 0 Å². The molecule has 1 aliphatic rings. The molecule has 0 amide bonds. The van der Waals surface area contributed by atoms with E-state index in [1.165, 1.54) is 6.07 Å². The lowest BCUT2D eigenvalue weighted by molar-refractivity contribution is 0.0255. The van der Waals surface area contributed by atoms with Crippen molar-refractivity contribution in [2.45, 2.75) is 26.0 Å². The van der Waals surface area contributed by atoms with E-state index in [1.807, 2.05) is 6.92 Å². The predicted molar refractivity (Wildman–Crippen MR) is 66.5 cm³/mol. The largest absolute Gasteiger partial charge is 0.392 e. The van der Waals surface area contributed by atoms with Crippen LogP contribution in [0.15, 0.2) is 18.2 Å². The van der Waals surface area contributed by atoms with Crippen molar-refractivity contribution in [3.63, 3.8) is 0 Å². The normalized spacial score (nSPS) is 26.1. The summed E-state index contributed by atoms with van der Waals surface area (Å²) in [5, 5.41) is 10.2. The molecule has 4 heteroatoms. The Labute approximate surface area is 106 Å². The van der Waals surface area contributed by atoms with Crippen LogP contribution in [0.25, 0.3) is 0 Å². The Morgan fingerprint density at radius 1 is 1.53 bits per heavy atom. The van der Waals surface area contributed by atoms with Crippen molar-refractivity contribution >= 4 is 11.6 Å². The molecule has 0 saturated carbocycles. The Hall–Kier alpha value is -0.640. The average molecular weight is 258 g/mol. The monoisotopic (exact) mass is 257 g/mol. The summed E-state index contributed by atoms with van der Waals surface area (Å²) in [6.07, 6.45) is 0.648. The Bertz CT molecular complexity index is 399. The fourth-order valence-electron chi connectivity index (χ4n) is 2.15. The molecule has 1 aromatic rings. The van der Waals surface area contributed by atoms with Gasteiger partial charge < -0.3 is 5.11 Å². The minimum absolute atomic E-state index is 0.273. The van der Waals surface area contributed by atoms with Crippen LogP contribution in [-0.4, -0.2) is 29.2 Å². The zero-order chi connectivity index (χ0) is 12.4. The average Bonchev–Trinajstić information content (AvgIpc) is 2.27. The highest BCUT2D eigenvalue weighted by molar-refractivity contribution is 6.30. The van der Waals surface area contributed by atoms with Gasteiger partial charge in [0.05, 0.1) is 6.10 Å². The van der Waals surface area contributed by atoms with Gasteiger partial charge in [0, 0.05) is 23.7 Å². The highest BCUT2D eigenvalue weighted by Gasteiger charge is 2.24. The number of piperidine rings is 1. The zero-order valence-electron chi connectivity index (χ0n) is 9.87. The van der Waals surface area contributed by atoms with E-state index < -0.39 is 0 Å². The number of β-amino-alcohol motifs (C(OH)–C–C–N with tert-alkyl or cyclic N) is 1. The van der Waals surface area contributed by atoms with Crippen LogP contribution in [-0.2, 0) is 6.54 Å². The van der Waals surface area contributed by atoms with Crippen LogP contribution in [0.3, 0.4) is 0 Å². The number of aliphatic hydroxyl groups is 1. The number of halogens is 2. The van der Waals surface area contributed by atoms with Crippen LogP contribution in [0.4, 0.5) is 4.39 Å². The molecule has 1 aromatic carbocycles. The van der Waals surface area contributed by atoms with Crippen molar-refractivity contribution < 1.29 is 9.50 Å². The molecule has 2 rings (SSSR count). The molecule has 94 valence electrons. The van der Waals surface area contributed by atoms with E-state index in [0.29, 0.717) is 29.6 Å². The second kappa shape index (κ2) is 5.34. The first-order valence-electron chi connectivity index (χ1n) is 5.90. The summed E-state index contributed by atoms with van der Waals surface area (Å²) in [5.74, 6) is 0.0620. The van der Waals surface area contributed by atoms with Gasteiger partial charge in [-0.15, -0.1) is 0 Å². The number of rotatable bonds is 2. The van der Waals surface area contributed by atoms with E-state index in [2.05, 4.69) is 4.90 Å². The van der Waals surface area contributed by atoms with Crippen molar-refractivity contribution in [1.82, 2.24) is 4.90 Å². The molecular weight excluding hydrogens is 241 g/mol. The van der Waals surface area contributed by atoms with Gasteiger partial charge in [0.15, 0.2) is 0 Å². The molecular formula is C13H17ClFNO. The van der Waals surface area contributed by atoms with E-state index in [9.17, 15) is 9.50 Å². The van der Waals surface area contributed by atoms with Crippen molar-refractivity contribution in [3.8, 4) is 0 Å². The summed E-state index contributed by atoms with van der Waals surface area (Å²) in [6, 6.07) is 4.74. The Morgan fingerprint density at radius 2 is 2.29 bits per heavy atom. The Morgan fingerprint density at radius 3 is 2.94 bits per heavy atom. The van der Waals surface area contributed by atoms with Gasteiger partial charge in [-0.3, -0.25) is 4.90 Å². The van der Waals surface area contributed by atoms with E-state index in [-0.39, 0.29) is 11.9 Å². The molecule has 1 saturated heterocycles. The van der Waals surface area contributed by atoms with Gasteiger partial charge in [-0.05, 0) is 31.0 Å². The first-order valence-corrected chi connectivity index (χ1v) is 6.28. The second-order valence-corrected chi connectivity index (χ2v) is 5.24. The molecule has 0 spiro atoms. The first-order chi connectivity index (χ1) is 8.06. The van der Waals surface area contributed by atoms with Crippen LogP contribution in [0.2, 0.25) is 5.02 Å². The number of likely N-dealkylation sites (tertiary alicyclic amines) is 1. The van der Waals surface area contributed by atoms with Crippen LogP contribution >= 0.6 is 11.6 Å². The predicted octanol–water partition coefficient (Wildman–Crippen LogP) is 2.68. The smallest absolute Gasteiger partial charge is 0.129 e. The number of nitrogens with zero attached hydrogens (tertiary/aromatic N) is 1. The van der Waals surface area contributed by atoms with Crippen LogP contribution < -0.4 is 0 Å². The Kier molecular flexibility index (Phi) is 4.02. The molecule has 1 heterocycles. The SMILES string of the molecule is CC1CCN(Cc2ccc(Cl)cc2F)CC1O. The van der Waals surface area contributed by atoms with Gasteiger partial charge in [-0.25, -0.2) is 4.39 Å². The molecule has 0 aromatic heterocycles. The molecule has 1 N–H and O–H groups in total. The fourth-order valence-corrected chi connectivity index (χ4v) is 2.31. The highest BCUT2D eigenvalue weighted by atomic mass is 35.5. The lowest BCUT2D eigenvalue weighted by atomic mass is 9.96. The summed E-state index contributed by atoms with van der Waals surface area (Å²) < 4.78 is 13.6. The highest BCUT2D eigenvalue weighted by Crippen LogP contribution is 2.21. The number of benzene rings is 1. The quantitative estimate of drug-likeness (QED) is 0.881. The molecule has 1 aliphatic heterocycles. The van der Waals surface area contributed by atoms with Crippen LogP contribution in [0, 0.1) is 11.7 Å². The first kappa shape index (κ1) is 12.8. The van der Waals surface area contributed by atoms with E-state index in [4.69, 9.17) is 11.6 Å². The number of hydrogen-bond donors (Lipinski definition) is 1. The molecule has 17 heavy (non-hydrogen) atoms. The summed E-state index contributed by atoms with van der Waals surface area (Å²) in [7, 11) is 0. The fraction of sp³-hybridized carbons (Fsp3) is 0.538. The summed E-state index contributed by atoms with van der Waals surface area (Å²) in [6.45, 7) is 4.10. The maximum absolute atomic E-state index is 13.6. The van der Waals surface area contributed by atoms with Crippen molar-refractivity contribution in [1.29, 1.82) is 0 Å². The summed E-state index contributed by atoms with van der Waals surface area (Å²) >= 11 is 5.71. The molecule has 2 nitrogen and oxygen atoms in total. The maximum Gasteiger partial charge on any atom is 0.129 e. The molecule has 0 aliphatic carbocycles. The third-order valence-corrected chi connectivity index (χ3v) is 3.65. The third kappa shape index (κ3) is 3.18.